The number of ether oxygens (including phenoxy) is 2. The molecule has 1 atom stereocenters. The van der Waals surface area contributed by atoms with Crippen molar-refractivity contribution >= 4 is 5.96 Å². The summed E-state index contributed by atoms with van der Waals surface area (Å²) in [5.74, 6) is 0.837. The van der Waals surface area contributed by atoms with Crippen molar-refractivity contribution in [3.63, 3.8) is 0 Å². The molecule has 0 aromatic heterocycles. The van der Waals surface area contributed by atoms with Gasteiger partial charge in [0, 0.05) is 25.3 Å². The van der Waals surface area contributed by atoms with Gasteiger partial charge in [-0.1, -0.05) is 12.1 Å². The number of aryl methyl sites for hydroxylation is 1. The van der Waals surface area contributed by atoms with E-state index in [9.17, 15) is 13.2 Å². The molecule has 1 fully saturated rings. The lowest BCUT2D eigenvalue weighted by molar-refractivity contribution is -0.153. The quantitative estimate of drug-likeness (QED) is 0.529. The normalized spacial score (nSPS) is 17.8. The Morgan fingerprint density at radius 2 is 2.15 bits per heavy atom. The highest BCUT2D eigenvalue weighted by Crippen LogP contribution is 2.24. The molecule has 1 heterocycles. The smallest absolute Gasteiger partial charge is 0.422 e. The molecule has 1 aliphatic heterocycles. The van der Waals surface area contributed by atoms with E-state index in [1.54, 1.807) is 12.1 Å². The summed E-state index contributed by atoms with van der Waals surface area (Å²) in [5.41, 5.74) is 1.45. The maximum atomic E-state index is 12.5. The van der Waals surface area contributed by atoms with E-state index >= 15 is 0 Å². The molecule has 5 nitrogen and oxygen atoms in total. The molecule has 1 unspecified atom stereocenters. The number of rotatable bonds is 8. The van der Waals surface area contributed by atoms with Gasteiger partial charge in [-0.3, -0.25) is 0 Å². The maximum absolute atomic E-state index is 12.5. The molecular weight excluding hydrogens is 359 g/mol. The number of halogens is 3. The summed E-state index contributed by atoms with van der Waals surface area (Å²) in [6.07, 6.45) is -0.997. The Kier molecular flexibility index (Phi) is 8.22. The third kappa shape index (κ3) is 8.07. The fourth-order valence-corrected chi connectivity index (χ4v) is 2.82. The Balaban J connectivity index is 1.96. The first-order valence-corrected chi connectivity index (χ1v) is 9.30. The van der Waals surface area contributed by atoms with Gasteiger partial charge in [-0.25, -0.2) is 4.99 Å². The lowest BCUT2D eigenvalue weighted by Crippen LogP contribution is -2.38. The second kappa shape index (κ2) is 10.4. The fourth-order valence-electron chi connectivity index (χ4n) is 2.82. The highest BCUT2D eigenvalue weighted by atomic mass is 19.4. The lowest BCUT2D eigenvalue weighted by atomic mass is 10.1. The average Bonchev–Trinajstić information content (AvgIpc) is 3.11. The summed E-state index contributed by atoms with van der Waals surface area (Å²) >= 11 is 0. The number of nitrogens with one attached hydrogen (secondary N) is 2. The van der Waals surface area contributed by atoms with E-state index in [0.29, 0.717) is 24.2 Å². The minimum atomic E-state index is -4.37. The van der Waals surface area contributed by atoms with Crippen molar-refractivity contribution in [3.05, 3.63) is 29.3 Å². The van der Waals surface area contributed by atoms with Crippen LogP contribution in [-0.2, 0) is 11.3 Å². The zero-order valence-corrected chi connectivity index (χ0v) is 15.9. The van der Waals surface area contributed by atoms with Gasteiger partial charge in [0.25, 0.3) is 0 Å². The Bertz CT molecular complexity index is 615. The van der Waals surface area contributed by atoms with E-state index in [2.05, 4.69) is 15.6 Å². The third-order valence-corrected chi connectivity index (χ3v) is 4.15. The van der Waals surface area contributed by atoms with Gasteiger partial charge in [-0.05, 0) is 44.7 Å². The predicted molar refractivity (Wildman–Crippen MR) is 99.1 cm³/mol. The molecule has 2 N–H and O–H groups in total. The SMILES string of the molecule is CCNC(=NCc1ccc(C)cc1OCC(F)(F)F)NCCC1CCCO1. The van der Waals surface area contributed by atoms with Crippen LogP contribution >= 0.6 is 0 Å². The van der Waals surface area contributed by atoms with Crippen LogP contribution in [0.1, 0.15) is 37.3 Å². The number of hydrogen-bond acceptors (Lipinski definition) is 3. The van der Waals surface area contributed by atoms with E-state index in [0.717, 1.165) is 38.0 Å². The predicted octanol–water partition coefficient (Wildman–Crippen LogP) is 3.56. The summed E-state index contributed by atoms with van der Waals surface area (Å²) in [6, 6.07) is 5.19. The van der Waals surface area contributed by atoms with Crippen LogP contribution in [-0.4, -0.2) is 44.5 Å². The molecule has 0 radical (unpaired) electrons. The van der Waals surface area contributed by atoms with Crippen LogP contribution in [0.2, 0.25) is 0 Å². The molecule has 0 aliphatic carbocycles. The van der Waals surface area contributed by atoms with E-state index < -0.39 is 12.8 Å². The van der Waals surface area contributed by atoms with Gasteiger partial charge in [0.1, 0.15) is 5.75 Å². The molecule has 1 aliphatic rings. The Labute approximate surface area is 158 Å². The number of guanidine groups is 1. The molecule has 1 aromatic carbocycles. The Morgan fingerprint density at radius 1 is 1.33 bits per heavy atom. The van der Waals surface area contributed by atoms with Crippen molar-refractivity contribution in [1.82, 2.24) is 10.6 Å². The molecule has 0 saturated carbocycles. The van der Waals surface area contributed by atoms with E-state index in [1.807, 2.05) is 19.9 Å². The first-order valence-electron chi connectivity index (χ1n) is 9.30. The van der Waals surface area contributed by atoms with E-state index in [1.165, 1.54) is 0 Å². The second-order valence-electron chi connectivity index (χ2n) is 6.56. The Hall–Kier alpha value is -1.96. The monoisotopic (exact) mass is 387 g/mol. The summed E-state index contributed by atoms with van der Waals surface area (Å²) in [4.78, 5) is 4.47. The van der Waals surface area contributed by atoms with Crippen LogP contribution in [0.15, 0.2) is 23.2 Å². The van der Waals surface area contributed by atoms with Crippen molar-refractivity contribution < 1.29 is 22.6 Å². The number of benzene rings is 1. The van der Waals surface area contributed by atoms with Crippen LogP contribution in [0.3, 0.4) is 0 Å². The van der Waals surface area contributed by atoms with E-state index in [-0.39, 0.29) is 12.3 Å². The van der Waals surface area contributed by atoms with Gasteiger partial charge >= 0.3 is 6.18 Å². The van der Waals surface area contributed by atoms with Crippen molar-refractivity contribution in [3.8, 4) is 5.75 Å². The first-order chi connectivity index (χ1) is 12.9. The molecule has 152 valence electrons. The summed E-state index contributed by atoms with van der Waals surface area (Å²) in [7, 11) is 0. The number of nitrogens with zero attached hydrogens (tertiary/aromatic N) is 1. The Morgan fingerprint density at radius 3 is 2.81 bits per heavy atom. The highest BCUT2D eigenvalue weighted by molar-refractivity contribution is 5.79. The molecule has 1 aromatic rings. The fraction of sp³-hybridized carbons (Fsp3) is 0.632. The molecule has 0 amide bonds. The molecule has 0 bridgehead atoms. The molecule has 8 heteroatoms. The van der Waals surface area contributed by atoms with Crippen LogP contribution < -0.4 is 15.4 Å². The van der Waals surface area contributed by atoms with Crippen molar-refractivity contribution in [2.45, 2.75) is 51.9 Å². The molecule has 0 spiro atoms. The minimum absolute atomic E-state index is 0.214. The van der Waals surface area contributed by atoms with Crippen molar-refractivity contribution in [2.24, 2.45) is 4.99 Å². The number of hydrogen-bond donors (Lipinski definition) is 2. The van der Waals surface area contributed by atoms with Gasteiger partial charge in [0.15, 0.2) is 12.6 Å². The zero-order valence-electron chi connectivity index (χ0n) is 15.9. The van der Waals surface area contributed by atoms with Crippen LogP contribution in [0.5, 0.6) is 5.75 Å². The van der Waals surface area contributed by atoms with Gasteiger partial charge < -0.3 is 20.1 Å². The second-order valence-corrected chi connectivity index (χ2v) is 6.56. The van der Waals surface area contributed by atoms with E-state index in [4.69, 9.17) is 9.47 Å². The first kappa shape index (κ1) is 21.3. The minimum Gasteiger partial charge on any atom is -0.484 e. The molecule has 2 rings (SSSR count). The standard InChI is InChI=1S/C19H28F3N3O2/c1-3-23-18(24-9-8-16-5-4-10-26-16)25-12-15-7-6-14(2)11-17(15)27-13-19(20,21)22/h6-7,11,16H,3-5,8-10,12-13H2,1-2H3,(H2,23,24,25). The molecular formula is C19H28F3N3O2. The number of aliphatic imine (C=N–C) groups is 1. The van der Waals surface area contributed by atoms with Crippen molar-refractivity contribution in [1.29, 1.82) is 0 Å². The molecule has 1 saturated heterocycles. The highest BCUT2D eigenvalue weighted by Gasteiger charge is 2.28. The molecule has 27 heavy (non-hydrogen) atoms. The number of alkyl halides is 3. The van der Waals surface area contributed by atoms with Crippen LogP contribution in [0.25, 0.3) is 0 Å². The zero-order chi connectivity index (χ0) is 19.7. The van der Waals surface area contributed by atoms with Gasteiger partial charge in [0.2, 0.25) is 0 Å². The van der Waals surface area contributed by atoms with Crippen LogP contribution in [0, 0.1) is 6.92 Å². The van der Waals surface area contributed by atoms with Gasteiger partial charge in [-0.15, -0.1) is 0 Å². The maximum Gasteiger partial charge on any atom is 0.422 e. The van der Waals surface area contributed by atoms with Gasteiger partial charge in [0.05, 0.1) is 12.6 Å². The van der Waals surface area contributed by atoms with Crippen molar-refractivity contribution in [2.75, 3.05) is 26.3 Å². The third-order valence-electron chi connectivity index (χ3n) is 4.15. The topological polar surface area (TPSA) is 54.9 Å². The summed E-state index contributed by atoms with van der Waals surface area (Å²) in [6.45, 7) is 4.92. The van der Waals surface area contributed by atoms with Gasteiger partial charge in [-0.2, -0.15) is 13.2 Å². The average molecular weight is 387 g/mol. The lowest BCUT2D eigenvalue weighted by Gasteiger charge is -2.15. The summed E-state index contributed by atoms with van der Waals surface area (Å²) < 4.78 is 48.0. The largest absolute Gasteiger partial charge is 0.484 e. The summed E-state index contributed by atoms with van der Waals surface area (Å²) in [5, 5.41) is 6.39. The van der Waals surface area contributed by atoms with Crippen LogP contribution in [0.4, 0.5) is 13.2 Å².